The lowest BCUT2D eigenvalue weighted by Crippen LogP contribution is -2.29. The molecule has 0 aliphatic heterocycles. The number of nitro groups is 1. The van der Waals surface area contributed by atoms with Gasteiger partial charge in [0.2, 0.25) is 0 Å². The molecule has 0 aliphatic rings. The second kappa shape index (κ2) is 7.72. The molecule has 0 saturated carbocycles. The number of anilines is 1. The molecule has 1 amide bonds. The number of hydrogen-bond donors (Lipinski definition) is 2. The van der Waals surface area contributed by atoms with Crippen molar-refractivity contribution in [2.45, 2.75) is 6.18 Å². The predicted molar refractivity (Wildman–Crippen MR) is 87.0 cm³/mol. The number of rotatable bonds is 5. The maximum Gasteiger partial charge on any atom is 0.416 e. The first-order valence-electron chi connectivity index (χ1n) is 7.24. The Morgan fingerprint density at radius 3 is 2.19 bits per heavy atom. The highest BCUT2D eigenvalue weighted by molar-refractivity contribution is 5.96. The highest BCUT2D eigenvalue weighted by atomic mass is 19.4. The summed E-state index contributed by atoms with van der Waals surface area (Å²) >= 11 is 0. The minimum absolute atomic E-state index is 0.102. The first-order valence-corrected chi connectivity index (χ1v) is 7.24. The summed E-state index contributed by atoms with van der Waals surface area (Å²) in [7, 11) is 1.20. The normalized spacial score (nSPS) is 10.8. The predicted octanol–water partition coefficient (Wildman–Crippen LogP) is 3.16. The number of alkyl halides is 3. The Hall–Kier alpha value is -3.63. The van der Waals surface area contributed by atoms with Crippen LogP contribution < -0.4 is 10.9 Å². The van der Waals surface area contributed by atoms with E-state index >= 15 is 0 Å². The van der Waals surface area contributed by atoms with Crippen LogP contribution in [0.1, 0.15) is 26.3 Å². The molecule has 2 aromatic rings. The van der Waals surface area contributed by atoms with E-state index in [1.165, 1.54) is 31.4 Å². The first-order chi connectivity index (χ1) is 12.6. The van der Waals surface area contributed by atoms with Gasteiger partial charge in [-0.2, -0.15) is 13.2 Å². The third-order valence-electron chi connectivity index (χ3n) is 3.40. The zero-order valence-corrected chi connectivity index (χ0v) is 13.7. The molecular weight excluding hydrogens is 371 g/mol. The minimum Gasteiger partial charge on any atom is -0.465 e. The van der Waals surface area contributed by atoms with Crippen LogP contribution in [0.4, 0.5) is 24.5 Å². The fourth-order valence-electron chi connectivity index (χ4n) is 2.04. The molecule has 0 heterocycles. The number of hydrogen-bond acceptors (Lipinski definition) is 6. The SMILES string of the molecule is COC(=O)c1ccc(C(=O)NNc2ccc(C(F)(F)F)cc2[N+](=O)[O-])cc1. The summed E-state index contributed by atoms with van der Waals surface area (Å²) in [6, 6.07) is 7.13. The fraction of sp³-hybridized carbons (Fsp3) is 0.125. The Balaban J connectivity index is 2.14. The van der Waals surface area contributed by atoms with Gasteiger partial charge < -0.3 is 4.74 Å². The lowest BCUT2D eigenvalue weighted by molar-refractivity contribution is -0.384. The number of carbonyl (C=O) groups is 2. The summed E-state index contributed by atoms with van der Waals surface area (Å²) in [6.45, 7) is 0. The number of nitrogens with zero attached hydrogens (tertiary/aromatic N) is 1. The number of halogens is 3. The monoisotopic (exact) mass is 383 g/mol. The first kappa shape index (κ1) is 19.7. The quantitative estimate of drug-likeness (QED) is 0.466. The summed E-state index contributed by atoms with van der Waals surface area (Å²) < 4.78 is 42.5. The van der Waals surface area contributed by atoms with E-state index in [0.717, 1.165) is 6.07 Å². The van der Waals surface area contributed by atoms with Crippen LogP contribution in [0.2, 0.25) is 0 Å². The molecule has 11 heteroatoms. The molecular formula is C16H12F3N3O5. The van der Waals surface area contributed by atoms with Crippen LogP contribution >= 0.6 is 0 Å². The maximum absolute atomic E-state index is 12.7. The van der Waals surface area contributed by atoms with Crippen molar-refractivity contribution in [2.24, 2.45) is 0 Å². The molecule has 0 aromatic heterocycles. The molecule has 0 bridgehead atoms. The van der Waals surface area contributed by atoms with Crippen LogP contribution in [0, 0.1) is 10.1 Å². The zero-order chi connectivity index (χ0) is 20.2. The summed E-state index contributed by atoms with van der Waals surface area (Å²) in [5.74, 6) is -1.32. The van der Waals surface area contributed by atoms with Gasteiger partial charge in [-0.25, -0.2) is 4.79 Å². The van der Waals surface area contributed by atoms with Gasteiger partial charge in [-0.3, -0.25) is 25.8 Å². The van der Waals surface area contributed by atoms with Crippen molar-refractivity contribution in [3.8, 4) is 0 Å². The van der Waals surface area contributed by atoms with Gasteiger partial charge in [0.25, 0.3) is 11.6 Å². The lowest BCUT2D eigenvalue weighted by atomic mass is 10.1. The Kier molecular flexibility index (Phi) is 5.63. The number of ether oxygens (including phenoxy) is 1. The van der Waals surface area contributed by atoms with Crippen molar-refractivity contribution in [2.75, 3.05) is 12.5 Å². The molecule has 142 valence electrons. The average molecular weight is 383 g/mol. The third kappa shape index (κ3) is 4.71. The van der Waals surface area contributed by atoms with Crippen LogP contribution in [-0.4, -0.2) is 23.9 Å². The topological polar surface area (TPSA) is 111 Å². The van der Waals surface area contributed by atoms with Crippen molar-refractivity contribution in [1.82, 2.24) is 5.43 Å². The van der Waals surface area contributed by atoms with Gasteiger partial charge >= 0.3 is 12.1 Å². The van der Waals surface area contributed by atoms with Crippen molar-refractivity contribution in [3.63, 3.8) is 0 Å². The van der Waals surface area contributed by atoms with E-state index in [1.54, 1.807) is 0 Å². The van der Waals surface area contributed by atoms with Crippen LogP contribution in [0.5, 0.6) is 0 Å². The van der Waals surface area contributed by atoms with Crippen LogP contribution in [0.3, 0.4) is 0 Å². The smallest absolute Gasteiger partial charge is 0.416 e. The molecule has 0 radical (unpaired) electrons. The van der Waals surface area contributed by atoms with Gasteiger partial charge in [0.05, 0.1) is 23.2 Å². The maximum atomic E-state index is 12.7. The standard InChI is InChI=1S/C16H12F3N3O5/c1-27-15(24)10-4-2-9(3-5-10)14(23)21-20-12-7-6-11(16(17,18)19)8-13(12)22(25)26/h2-8,20H,1H3,(H,21,23). The number of methoxy groups -OCH3 is 1. The Morgan fingerprint density at radius 2 is 1.67 bits per heavy atom. The van der Waals surface area contributed by atoms with E-state index in [0.29, 0.717) is 12.1 Å². The van der Waals surface area contributed by atoms with E-state index in [4.69, 9.17) is 0 Å². The van der Waals surface area contributed by atoms with E-state index in [1.807, 2.05) is 0 Å². The molecule has 2 N–H and O–H groups in total. The second-order valence-electron chi connectivity index (χ2n) is 5.13. The van der Waals surface area contributed by atoms with E-state index in [-0.39, 0.29) is 16.8 Å². The van der Waals surface area contributed by atoms with Crippen molar-refractivity contribution in [3.05, 3.63) is 69.3 Å². The molecule has 27 heavy (non-hydrogen) atoms. The number of carbonyl (C=O) groups excluding carboxylic acids is 2. The summed E-state index contributed by atoms with van der Waals surface area (Å²) in [4.78, 5) is 33.3. The number of esters is 1. The van der Waals surface area contributed by atoms with E-state index in [9.17, 15) is 32.9 Å². The minimum atomic E-state index is -4.74. The zero-order valence-electron chi connectivity index (χ0n) is 13.7. The summed E-state index contributed by atoms with van der Waals surface area (Å²) in [5, 5.41) is 11.0. The van der Waals surface area contributed by atoms with Gasteiger partial charge in [0, 0.05) is 11.6 Å². The van der Waals surface area contributed by atoms with Gasteiger partial charge in [0.15, 0.2) is 0 Å². The van der Waals surface area contributed by atoms with E-state index in [2.05, 4.69) is 15.6 Å². The van der Waals surface area contributed by atoms with Gasteiger partial charge in [-0.15, -0.1) is 0 Å². The lowest BCUT2D eigenvalue weighted by Gasteiger charge is -2.11. The molecule has 0 fully saturated rings. The molecule has 2 aromatic carbocycles. The number of nitrogens with one attached hydrogen (secondary N) is 2. The third-order valence-corrected chi connectivity index (χ3v) is 3.40. The van der Waals surface area contributed by atoms with Crippen LogP contribution in [0.15, 0.2) is 42.5 Å². The molecule has 2 rings (SSSR count). The Morgan fingerprint density at radius 1 is 1.07 bits per heavy atom. The summed E-state index contributed by atoms with van der Waals surface area (Å²) in [6.07, 6.45) is -4.74. The van der Waals surface area contributed by atoms with Crippen molar-refractivity contribution in [1.29, 1.82) is 0 Å². The second-order valence-corrected chi connectivity index (χ2v) is 5.13. The summed E-state index contributed by atoms with van der Waals surface area (Å²) in [5.41, 5.74) is 2.30. The van der Waals surface area contributed by atoms with Crippen LogP contribution in [0.25, 0.3) is 0 Å². The van der Waals surface area contributed by atoms with Crippen molar-refractivity contribution >= 4 is 23.3 Å². The Bertz CT molecular complexity index is 882. The average Bonchev–Trinajstić information content (AvgIpc) is 2.64. The largest absolute Gasteiger partial charge is 0.465 e. The van der Waals surface area contributed by atoms with Gasteiger partial charge in [-0.1, -0.05) is 0 Å². The molecule has 0 aliphatic carbocycles. The fourth-order valence-corrected chi connectivity index (χ4v) is 2.04. The molecule has 0 unspecified atom stereocenters. The molecule has 0 saturated heterocycles. The number of amides is 1. The highest BCUT2D eigenvalue weighted by Crippen LogP contribution is 2.34. The highest BCUT2D eigenvalue weighted by Gasteiger charge is 2.33. The number of nitro benzene ring substituents is 1. The van der Waals surface area contributed by atoms with Crippen LogP contribution in [-0.2, 0) is 10.9 Å². The van der Waals surface area contributed by atoms with Gasteiger partial charge in [0.1, 0.15) is 5.69 Å². The van der Waals surface area contributed by atoms with E-state index < -0.39 is 34.2 Å². The Labute approximate surface area is 150 Å². The number of hydrazine groups is 1. The molecule has 0 spiro atoms. The van der Waals surface area contributed by atoms with Gasteiger partial charge in [-0.05, 0) is 36.4 Å². The van der Waals surface area contributed by atoms with Crippen molar-refractivity contribution < 1.29 is 32.4 Å². The molecule has 8 nitrogen and oxygen atoms in total. The number of benzene rings is 2. The molecule has 0 atom stereocenters.